The number of unbranched alkanes of at least 4 members (excludes halogenated alkanes) is 35. The van der Waals surface area contributed by atoms with Crippen molar-refractivity contribution in [2.75, 3.05) is 0 Å². The largest absolute Gasteiger partial charge is 0.107 e. The molecule has 248 valence electrons. The zero-order valence-corrected chi connectivity index (χ0v) is 30.0. The molecule has 0 fully saturated rings. The van der Waals surface area contributed by atoms with Gasteiger partial charge in [0.15, 0.2) is 0 Å². The molecule has 0 unspecified atom stereocenters. The fraction of sp³-hybridized carbons (Fsp3) is 1.00. The quantitative estimate of drug-likeness (QED) is 0.0480. The first-order valence-electron chi connectivity index (χ1n) is 19.6. The summed E-state index contributed by atoms with van der Waals surface area (Å²) < 4.78 is 0. The van der Waals surface area contributed by atoms with Crippen molar-refractivity contribution in [1.29, 1.82) is 0 Å². The molecule has 0 rings (SSSR count). The molecule has 2 heteroatoms. The molecular formula is C39H78Cl2. The highest BCUT2D eigenvalue weighted by Crippen LogP contribution is 2.18. The normalized spacial score (nSPS) is 11.7. The van der Waals surface area contributed by atoms with Crippen LogP contribution in [0.25, 0.3) is 0 Å². The standard InChI is InChI=1S/C39H78Cl2/c1-2-3-4-5-6-7-8-9-10-11-12-13-14-15-16-17-18-19-20-21-22-23-24-25-26-27-28-29-30-31-32-33-34-35-36-37-38-39(40)41/h39H,2-38H2,1H3. The Bertz CT molecular complexity index is 435. The van der Waals surface area contributed by atoms with E-state index in [1.165, 1.54) is 231 Å². The van der Waals surface area contributed by atoms with Gasteiger partial charge < -0.3 is 0 Å². The molecule has 0 spiro atoms. The van der Waals surface area contributed by atoms with E-state index in [-0.39, 0.29) is 4.84 Å². The zero-order valence-electron chi connectivity index (χ0n) is 28.5. The average Bonchev–Trinajstić information content (AvgIpc) is 2.97. The van der Waals surface area contributed by atoms with Gasteiger partial charge in [-0.1, -0.05) is 238 Å². The van der Waals surface area contributed by atoms with Crippen molar-refractivity contribution in [3.05, 3.63) is 0 Å². The van der Waals surface area contributed by atoms with Crippen molar-refractivity contribution in [3.63, 3.8) is 0 Å². The Hall–Kier alpha value is 0.580. The number of hydrogen-bond acceptors (Lipinski definition) is 0. The van der Waals surface area contributed by atoms with Crippen LogP contribution in [0.1, 0.15) is 244 Å². The van der Waals surface area contributed by atoms with Gasteiger partial charge in [-0.05, 0) is 6.42 Å². The molecular weight excluding hydrogens is 539 g/mol. The molecule has 0 saturated heterocycles. The summed E-state index contributed by atoms with van der Waals surface area (Å²) in [6, 6.07) is 0. The molecule has 41 heavy (non-hydrogen) atoms. The lowest BCUT2D eigenvalue weighted by atomic mass is 10.0. The second-order valence-corrected chi connectivity index (χ2v) is 14.8. The zero-order chi connectivity index (χ0) is 29.7. The second kappa shape index (κ2) is 38.6. The van der Waals surface area contributed by atoms with Gasteiger partial charge in [-0.2, -0.15) is 0 Å². The van der Waals surface area contributed by atoms with Crippen LogP contribution in [0.2, 0.25) is 0 Å². The third-order valence-electron chi connectivity index (χ3n) is 9.28. The Morgan fingerprint density at radius 2 is 0.390 bits per heavy atom. The fourth-order valence-corrected chi connectivity index (χ4v) is 6.69. The van der Waals surface area contributed by atoms with Crippen LogP contribution in [0.15, 0.2) is 0 Å². The van der Waals surface area contributed by atoms with Crippen molar-refractivity contribution in [1.82, 2.24) is 0 Å². The van der Waals surface area contributed by atoms with E-state index in [0.717, 1.165) is 6.42 Å². The number of rotatable bonds is 37. The molecule has 0 aliphatic heterocycles. The monoisotopic (exact) mass is 617 g/mol. The SMILES string of the molecule is CCCCCCCCCCCCCCCCCCCCCCCCCCCCCCCCCCCCCCC(Cl)Cl. The molecule has 0 heterocycles. The van der Waals surface area contributed by atoms with Crippen LogP contribution in [0.4, 0.5) is 0 Å². The Labute approximate surface area is 271 Å². The minimum atomic E-state index is -0.159. The second-order valence-electron chi connectivity index (χ2n) is 13.6. The molecule has 0 aromatic carbocycles. The summed E-state index contributed by atoms with van der Waals surface area (Å²) in [5.41, 5.74) is 0. The number of halogens is 2. The van der Waals surface area contributed by atoms with Crippen LogP contribution in [0.3, 0.4) is 0 Å². The van der Waals surface area contributed by atoms with Crippen LogP contribution in [0, 0.1) is 0 Å². The summed E-state index contributed by atoms with van der Waals surface area (Å²) in [7, 11) is 0. The highest BCUT2D eigenvalue weighted by molar-refractivity contribution is 6.44. The maximum atomic E-state index is 5.77. The van der Waals surface area contributed by atoms with E-state index in [1.54, 1.807) is 0 Å². The van der Waals surface area contributed by atoms with Gasteiger partial charge in [0.1, 0.15) is 4.84 Å². The minimum absolute atomic E-state index is 0.159. The molecule has 0 bridgehead atoms. The van der Waals surface area contributed by atoms with Gasteiger partial charge in [-0.3, -0.25) is 0 Å². The molecule has 0 atom stereocenters. The predicted octanol–water partition coefficient (Wildman–Crippen LogP) is 16.2. The maximum absolute atomic E-state index is 5.77. The van der Waals surface area contributed by atoms with Crippen LogP contribution in [-0.4, -0.2) is 4.84 Å². The van der Waals surface area contributed by atoms with Crippen molar-refractivity contribution in [2.24, 2.45) is 0 Å². The van der Waals surface area contributed by atoms with Crippen LogP contribution < -0.4 is 0 Å². The third kappa shape index (κ3) is 40.6. The van der Waals surface area contributed by atoms with Gasteiger partial charge in [0.2, 0.25) is 0 Å². The maximum Gasteiger partial charge on any atom is 0.107 e. The van der Waals surface area contributed by atoms with Crippen molar-refractivity contribution >= 4 is 23.2 Å². The summed E-state index contributed by atoms with van der Waals surface area (Å²) in [5.74, 6) is 0. The smallest absolute Gasteiger partial charge is 0.105 e. The van der Waals surface area contributed by atoms with Gasteiger partial charge in [0, 0.05) is 0 Å². The van der Waals surface area contributed by atoms with Crippen LogP contribution in [-0.2, 0) is 0 Å². The van der Waals surface area contributed by atoms with E-state index in [2.05, 4.69) is 6.92 Å². The molecule has 0 aromatic rings. The summed E-state index contributed by atoms with van der Waals surface area (Å²) >= 11 is 11.5. The third-order valence-corrected chi connectivity index (χ3v) is 9.71. The highest BCUT2D eigenvalue weighted by atomic mass is 35.5. The van der Waals surface area contributed by atoms with Gasteiger partial charge in [0.05, 0.1) is 0 Å². The van der Waals surface area contributed by atoms with Gasteiger partial charge >= 0.3 is 0 Å². The summed E-state index contributed by atoms with van der Waals surface area (Å²) in [6.45, 7) is 2.31. The summed E-state index contributed by atoms with van der Waals surface area (Å²) in [5, 5.41) is 0. The minimum Gasteiger partial charge on any atom is -0.105 e. The number of hydrogen-bond donors (Lipinski definition) is 0. The predicted molar refractivity (Wildman–Crippen MR) is 192 cm³/mol. The lowest BCUT2D eigenvalue weighted by Crippen LogP contribution is -1.87. The van der Waals surface area contributed by atoms with Crippen molar-refractivity contribution < 1.29 is 0 Å². The Balaban J connectivity index is 3.03. The Kier molecular flexibility index (Phi) is 39.2. The van der Waals surface area contributed by atoms with Crippen LogP contribution >= 0.6 is 23.2 Å². The molecule has 0 aliphatic carbocycles. The molecule has 0 N–H and O–H groups in total. The van der Waals surface area contributed by atoms with E-state index in [1.807, 2.05) is 0 Å². The van der Waals surface area contributed by atoms with E-state index < -0.39 is 0 Å². The van der Waals surface area contributed by atoms with Gasteiger partial charge in [-0.15, -0.1) is 23.2 Å². The molecule has 0 aliphatic rings. The first-order valence-corrected chi connectivity index (χ1v) is 20.4. The van der Waals surface area contributed by atoms with E-state index in [9.17, 15) is 0 Å². The fourth-order valence-electron chi connectivity index (χ4n) is 6.38. The summed E-state index contributed by atoms with van der Waals surface area (Å²) in [4.78, 5) is -0.159. The molecule has 0 nitrogen and oxygen atoms in total. The van der Waals surface area contributed by atoms with E-state index in [0.29, 0.717) is 0 Å². The Morgan fingerprint density at radius 3 is 0.537 bits per heavy atom. The molecule has 0 radical (unpaired) electrons. The van der Waals surface area contributed by atoms with Crippen LogP contribution in [0.5, 0.6) is 0 Å². The molecule has 0 aromatic heterocycles. The lowest BCUT2D eigenvalue weighted by Gasteiger charge is -2.05. The molecule has 0 amide bonds. The molecule has 0 saturated carbocycles. The van der Waals surface area contributed by atoms with Gasteiger partial charge in [0.25, 0.3) is 0 Å². The summed E-state index contributed by atoms with van der Waals surface area (Å²) in [6.07, 6.45) is 53.4. The van der Waals surface area contributed by atoms with Gasteiger partial charge in [-0.25, -0.2) is 0 Å². The first-order chi connectivity index (χ1) is 20.3. The topological polar surface area (TPSA) is 0 Å². The number of alkyl halides is 2. The average molecular weight is 618 g/mol. The highest BCUT2D eigenvalue weighted by Gasteiger charge is 1.99. The lowest BCUT2D eigenvalue weighted by molar-refractivity contribution is 0.510. The van der Waals surface area contributed by atoms with E-state index >= 15 is 0 Å². The van der Waals surface area contributed by atoms with Crippen molar-refractivity contribution in [2.45, 2.75) is 249 Å². The van der Waals surface area contributed by atoms with Crippen molar-refractivity contribution in [3.8, 4) is 0 Å². The first kappa shape index (κ1) is 41.6. The van der Waals surface area contributed by atoms with E-state index in [4.69, 9.17) is 23.2 Å². The Morgan fingerprint density at radius 1 is 0.244 bits per heavy atom.